The molecule has 1 aromatic rings. The molecule has 1 aliphatic carbocycles. The Labute approximate surface area is 116 Å². The zero-order valence-electron chi connectivity index (χ0n) is 10.00. The van der Waals surface area contributed by atoms with Gasteiger partial charge in [-0.3, -0.25) is 0 Å². The lowest BCUT2D eigenvalue weighted by molar-refractivity contribution is 0.0709. The molecule has 0 aliphatic heterocycles. The first-order valence-electron chi connectivity index (χ1n) is 6.21. The topological polar surface area (TPSA) is 20.2 Å². The summed E-state index contributed by atoms with van der Waals surface area (Å²) in [6, 6.07) is 5.62. The Bertz CT molecular complexity index is 394. The number of benzene rings is 1. The van der Waals surface area contributed by atoms with E-state index in [4.69, 9.17) is 11.6 Å². The second-order valence-electron chi connectivity index (χ2n) is 5.14. The van der Waals surface area contributed by atoms with Crippen LogP contribution in [0, 0.1) is 11.8 Å². The van der Waals surface area contributed by atoms with Gasteiger partial charge in [-0.15, -0.1) is 0 Å². The first kappa shape index (κ1) is 13.4. The zero-order valence-corrected chi connectivity index (χ0v) is 12.3. The SMILES string of the molecule is CC1CCCC(C(O)c2ccc(Cl)cc2Br)C1. The highest BCUT2D eigenvalue weighted by molar-refractivity contribution is 9.10. The smallest absolute Gasteiger partial charge is 0.0829 e. The first-order valence-corrected chi connectivity index (χ1v) is 7.38. The molecule has 1 aliphatic rings. The number of halogens is 2. The Kier molecular flexibility index (Phi) is 4.51. The van der Waals surface area contributed by atoms with E-state index in [1.54, 1.807) is 0 Å². The van der Waals surface area contributed by atoms with Crippen LogP contribution in [0.3, 0.4) is 0 Å². The number of aliphatic hydroxyl groups excluding tert-OH is 1. The fourth-order valence-electron chi connectivity index (χ4n) is 2.76. The highest BCUT2D eigenvalue weighted by Gasteiger charge is 2.27. The summed E-state index contributed by atoms with van der Waals surface area (Å²) < 4.78 is 0.913. The zero-order chi connectivity index (χ0) is 12.4. The van der Waals surface area contributed by atoms with Gasteiger partial charge >= 0.3 is 0 Å². The summed E-state index contributed by atoms with van der Waals surface area (Å²) in [4.78, 5) is 0. The molecular weight excluding hydrogens is 300 g/mol. The van der Waals surface area contributed by atoms with Gasteiger partial charge in [0.15, 0.2) is 0 Å². The van der Waals surface area contributed by atoms with Crippen molar-refractivity contribution in [2.24, 2.45) is 11.8 Å². The van der Waals surface area contributed by atoms with Crippen LogP contribution < -0.4 is 0 Å². The minimum absolute atomic E-state index is 0.371. The molecule has 1 N–H and O–H groups in total. The molecular formula is C14H18BrClO. The molecule has 3 unspecified atom stereocenters. The van der Waals surface area contributed by atoms with Crippen LogP contribution in [0.15, 0.2) is 22.7 Å². The van der Waals surface area contributed by atoms with Gasteiger partial charge in [-0.05, 0) is 42.4 Å². The van der Waals surface area contributed by atoms with E-state index < -0.39 is 0 Å². The van der Waals surface area contributed by atoms with Crippen LogP contribution in [0.5, 0.6) is 0 Å². The van der Waals surface area contributed by atoms with Crippen molar-refractivity contribution in [1.82, 2.24) is 0 Å². The van der Waals surface area contributed by atoms with Crippen molar-refractivity contribution in [1.29, 1.82) is 0 Å². The largest absolute Gasteiger partial charge is 0.388 e. The van der Waals surface area contributed by atoms with Crippen LogP contribution in [0.4, 0.5) is 0 Å². The number of hydrogen-bond donors (Lipinski definition) is 1. The van der Waals surface area contributed by atoms with E-state index >= 15 is 0 Å². The minimum atomic E-state index is -0.371. The molecule has 3 heteroatoms. The summed E-state index contributed by atoms with van der Waals surface area (Å²) in [6.45, 7) is 2.27. The number of hydrogen-bond acceptors (Lipinski definition) is 1. The summed E-state index contributed by atoms with van der Waals surface area (Å²) in [5.74, 6) is 1.12. The van der Waals surface area contributed by atoms with Crippen molar-refractivity contribution >= 4 is 27.5 Å². The van der Waals surface area contributed by atoms with Crippen LogP contribution in [0.25, 0.3) is 0 Å². The average molecular weight is 318 g/mol. The molecule has 0 amide bonds. The van der Waals surface area contributed by atoms with Crippen molar-refractivity contribution in [3.63, 3.8) is 0 Å². The molecule has 0 spiro atoms. The molecule has 1 nitrogen and oxygen atoms in total. The van der Waals surface area contributed by atoms with E-state index in [-0.39, 0.29) is 6.10 Å². The van der Waals surface area contributed by atoms with E-state index in [2.05, 4.69) is 22.9 Å². The Morgan fingerprint density at radius 1 is 1.41 bits per heavy atom. The number of aliphatic hydroxyl groups is 1. The van der Waals surface area contributed by atoms with Gasteiger partial charge in [-0.25, -0.2) is 0 Å². The van der Waals surface area contributed by atoms with Crippen molar-refractivity contribution in [3.05, 3.63) is 33.3 Å². The van der Waals surface area contributed by atoms with Gasteiger partial charge in [0.2, 0.25) is 0 Å². The Morgan fingerprint density at radius 3 is 2.82 bits per heavy atom. The van der Waals surface area contributed by atoms with Crippen LogP contribution in [0.1, 0.15) is 44.3 Å². The Hall–Kier alpha value is -0.0500. The van der Waals surface area contributed by atoms with E-state index in [0.29, 0.717) is 10.9 Å². The molecule has 2 rings (SSSR count). The normalized spacial score (nSPS) is 26.8. The summed E-state index contributed by atoms with van der Waals surface area (Å²) in [6.07, 6.45) is 4.40. The highest BCUT2D eigenvalue weighted by Crippen LogP contribution is 2.39. The second kappa shape index (κ2) is 5.73. The van der Waals surface area contributed by atoms with Crippen LogP contribution >= 0.6 is 27.5 Å². The molecule has 0 bridgehead atoms. The Balaban J connectivity index is 2.15. The summed E-state index contributed by atoms with van der Waals surface area (Å²) in [5.41, 5.74) is 0.966. The molecule has 94 valence electrons. The van der Waals surface area contributed by atoms with Crippen molar-refractivity contribution in [3.8, 4) is 0 Å². The van der Waals surface area contributed by atoms with Gasteiger partial charge in [0, 0.05) is 9.50 Å². The summed E-state index contributed by atoms with van der Waals surface area (Å²) in [5, 5.41) is 11.2. The molecule has 3 atom stereocenters. The first-order chi connectivity index (χ1) is 8.08. The van der Waals surface area contributed by atoms with E-state index in [0.717, 1.165) is 28.8 Å². The van der Waals surface area contributed by atoms with Gasteiger partial charge in [-0.1, -0.05) is 53.4 Å². The molecule has 1 fully saturated rings. The third kappa shape index (κ3) is 3.24. The summed E-state index contributed by atoms with van der Waals surface area (Å²) in [7, 11) is 0. The third-order valence-corrected chi connectivity index (χ3v) is 4.63. The monoisotopic (exact) mass is 316 g/mol. The van der Waals surface area contributed by atoms with Gasteiger partial charge < -0.3 is 5.11 Å². The standard InChI is InChI=1S/C14H18BrClO/c1-9-3-2-4-10(7-9)14(17)12-6-5-11(16)8-13(12)15/h5-6,8-10,14,17H,2-4,7H2,1H3. The fourth-order valence-corrected chi connectivity index (χ4v) is 3.68. The van der Waals surface area contributed by atoms with Gasteiger partial charge in [0.1, 0.15) is 0 Å². The number of rotatable bonds is 2. The van der Waals surface area contributed by atoms with Crippen molar-refractivity contribution in [2.75, 3.05) is 0 Å². The van der Waals surface area contributed by atoms with E-state index in [1.807, 2.05) is 18.2 Å². The maximum atomic E-state index is 10.5. The third-order valence-electron chi connectivity index (χ3n) is 3.70. The quantitative estimate of drug-likeness (QED) is 0.817. The molecule has 0 radical (unpaired) electrons. The molecule has 1 aromatic carbocycles. The predicted molar refractivity (Wildman–Crippen MR) is 75.2 cm³/mol. The maximum absolute atomic E-state index is 10.5. The molecule has 0 saturated heterocycles. The van der Waals surface area contributed by atoms with Crippen LogP contribution in [-0.4, -0.2) is 5.11 Å². The molecule has 1 saturated carbocycles. The van der Waals surface area contributed by atoms with Crippen LogP contribution in [-0.2, 0) is 0 Å². The van der Waals surface area contributed by atoms with Crippen molar-refractivity contribution in [2.45, 2.75) is 38.7 Å². The molecule has 0 aromatic heterocycles. The Morgan fingerprint density at radius 2 is 2.18 bits per heavy atom. The minimum Gasteiger partial charge on any atom is -0.388 e. The average Bonchev–Trinajstić information content (AvgIpc) is 2.28. The predicted octanol–water partition coefficient (Wildman–Crippen LogP) is 4.96. The van der Waals surface area contributed by atoms with Crippen LogP contribution in [0.2, 0.25) is 5.02 Å². The van der Waals surface area contributed by atoms with Gasteiger partial charge in [-0.2, -0.15) is 0 Å². The lowest BCUT2D eigenvalue weighted by Crippen LogP contribution is -2.20. The second-order valence-corrected chi connectivity index (χ2v) is 6.43. The van der Waals surface area contributed by atoms with Crippen molar-refractivity contribution < 1.29 is 5.11 Å². The highest BCUT2D eigenvalue weighted by atomic mass is 79.9. The molecule has 0 heterocycles. The summed E-state index contributed by atoms with van der Waals surface area (Å²) >= 11 is 9.40. The lowest BCUT2D eigenvalue weighted by atomic mass is 9.78. The molecule has 17 heavy (non-hydrogen) atoms. The van der Waals surface area contributed by atoms with E-state index in [9.17, 15) is 5.11 Å². The maximum Gasteiger partial charge on any atom is 0.0829 e. The van der Waals surface area contributed by atoms with Gasteiger partial charge in [0.25, 0.3) is 0 Å². The van der Waals surface area contributed by atoms with E-state index in [1.165, 1.54) is 12.8 Å². The lowest BCUT2D eigenvalue weighted by Gasteiger charge is -2.31. The van der Waals surface area contributed by atoms with Gasteiger partial charge in [0.05, 0.1) is 6.10 Å². The fraction of sp³-hybridized carbons (Fsp3) is 0.571.